The minimum atomic E-state index is -0.516. The molecule has 0 saturated carbocycles. The quantitative estimate of drug-likeness (QED) is 0.223. The monoisotopic (exact) mass is 493 g/mol. The van der Waals surface area contributed by atoms with Gasteiger partial charge in [-0.2, -0.15) is 0 Å². The maximum absolute atomic E-state index is 12.7. The lowest BCUT2D eigenvalue weighted by Crippen LogP contribution is -2.10. The number of nitrogens with zero attached hydrogens (tertiary/aromatic N) is 2. The van der Waals surface area contributed by atoms with Crippen LogP contribution in [-0.2, 0) is 5.41 Å². The van der Waals surface area contributed by atoms with Crippen LogP contribution in [-0.4, -0.2) is 15.8 Å². The molecular formula is C25H23N3O4S2. The molecule has 174 valence electrons. The normalized spacial score (nSPS) is 11.3. The molecular weight excluding hydrogens is 470 g/mol. The molecule has 0 spiro atoms. The lowest BCUT2D eigenvalue weighted by molar-refractivity contribution is -0.380. The van der Waals surface area contributed by atoms with Crippen molar-refractivity contribution in [2.45, 2.75) is 33.1 Å². The molecule has 0 saturated heterocycles. The maximum Gasteiger partial charge on any atom is 0.324 e. The zero-order chi connectivity index (χ0) is 24.5. The van der Waals surface area contributed by atoms with Gasteiger partial charge in [-0.3, -0.25) is 20.2 Å². The Bertz CT molecular complexity index is 1330. The standard InChI is InChI=1S/C25H23N3O4S2/c1-15-5-11-18(12-6-15)32-23-21(16-7-9-17(10-8-16)25(2,3)4)26-24(34-23)27-22(29)19-13-14-20(33-19)28(30)31/h5-14H,1-4H3,(H,26,27,29). The van der Waals surface area contributed by atoms with Gasteiger partial charge in [0.15, 0.2) is 5.13 Å². The van der Waals surface area contributed by atoms with Crippen molar-refractivity contribution in [2.75, 3.05) is 5.32 Å². The fraction of sp³-hybridized carbons (Fsp3) is 0.200. The van der Waals surface area contributed by atoms with Crippen LogP contribution in [0.3, 0.4) is 0 Å². The molecule has 0 bridgehead atoms. The number of aromatic nitrogens is 1. The van der Waals surface area contributed by atoms with Crippen molar-refractivity contribution in [1.29, 1.82) is 0 Å². The number of benzene rings is 2. The topological polar surface area (TPSA) is 94.4 Å². The van der Waals surface area contributed by atoms with Gasteiger partial charge >= 0.3 is 5.00 Å². The van der Waals surface area contributed by atoms with Crippen molar-refractivity contribution in [3.63, 3.8) is 0 Å². The van der Waals surface area contributed by atoms with Crippen LogP contribution in [0.25, 0.3) is 11.3 Å². The number of aryl methyl sites for hydroxylation is 1. The number of hydrogen-bond acceptors (Lipinski definition) is 7. The van der Waals surface area contributed by atoms with E-state index in [1.165, 1.54) is 29.0 Å². The second-order valence-corrected chi connectivity index (χ2v) is 10.8. The summed E-state index contributed by atoms with van der Waals surface area (Å²) in [6.07, 6.45) is 0. The van der Waals surface area contributed by atoms with Crippen molar-refractivity contribution >= 4 is 38.7 Å². The average Bonchev–Trinajstić information content (AvgIpc) is 3.43. The molecule has 0 unspecified atom stereocenters. The summed E-state index contributed by atoms with van der Waals surface area (Å²) >= 11 is 2.02. The smallest absolute Gasteiger partial charge is 0.324 e. The number of ether oxygens (including phenoxy) is 1. The second kappa shape index (κ2) is 9.36. The van der Waals surface area contributed by atoms with E-state index in [0.717, 1.165) is 22.5 Å². The van der Waals surface area contributed by atoms with Gasteiger partial charge in [0, 0.05) is 11.6 Å². The van der Waals surface area contributed by atoms with Crippen molar-refractivity contribution in [3.8, 4) is 22.1 Å². The number of amides is 1. The zero-order valence-electron chi connectivity index (χ0n) is 19.1. The van der Waals surface area contributed by atoms with Crippen LogP contribution < -0.4 is 10.1 Å². The van der Waals surface area contributed by atoms with Crippen molar-refractivity contribution in [3.05, 3.63) is 86.8 Å². The lowest BCUT2D eigenvalue weighted by atomic mass is 9.86. The number of thiophene rings is 1. The van der Waals surface area contributed by atoms with Crippen LogP contribution in [0.5, 0.6) is 10.8 Å². The summed E-state index contributed by atoms with van der Waals surface area (Å²) in [7, 11) is 0. The van der Waals surface area contributed by atoms with Gasteiger partial charge in [-0.15, -0.1) is 0 Å². The number of carbonyl (C=O) groups is 1. The van der Waals surface area contributed by atoms with E-state index in [0.29, 0.717) is 21.6 Å². The van der Waals surface area contributed by atoms with Gasteiger partial charge in [0.1, 0.15) is 11.4 Å². The van der Waals surface area contributed by atoms with Gasteiger partial charge in [-0.05, 0) is 36.1 Å². The fourth-order valence-electron chi connectivity index (χ4n) is 3.16. The fourth-order valence-corrected chi connectivity index (χ4v) is 4.73. The van der Waals surface area contributed by atoms with Gasteiger partial charge in [0.2, 0.25) is 5.06 Å². The Hall–Kier alpha value is -3.56. The molecule has 9 heteroatoms. The molecule has 1 N–H and O–H groups in total. The highest BCUT2D eigenvalue weighted by Crippen LogP contribution is 2.41. The van der Waals surface area contributed by atoms with E-state index >= 15 is 0 Å². The van der Waals surface area contributed by atoms with Crippen molar-refractivity contribution in [1.82, 2.24) is 4.98 Å². The molecule has 4 aromatic rings. The maximum atomic E-state index is 12.7. The number of nitrogens with one attached hydrogen (secondary N) is 1. The minimum absolute atomic E-state index is 0.0181. The number of thiazole rings is 1. The number of carbonyl (C=O) groups excluding carboxylic acids is 1. The predicted molar refractivity (Wildman–Crippen MR) is 136 cm³/mol. The molecule has 34 heavy (non-hydrogen) atoms. The van der Waals surface area contributed by atoms with Crippen LogP contribution in [0.2, 0.25) is 0 Å². The minimum Gasteiger partial charge on any atom is -0.444 e. The van der Waals surface area contributed by atoms with Gasteiger partial charge in [-0.1, -0.05) is 85.4 Å². The van der Waals surface area contributed by atoms with Crippen LogP contribution in [0.1, 0.15) is 41.6 Å². The summed E-state index contributed by atoms with van der Waals surface area (Å²) in [5, 5.41) is 14.5. The molecule has 0 aliphatic heterocycles. The van der Waals surface area contributed by atoms with Gasteiger partial charge in [0.05, 0.1) is 9.80 Å². The van der Waals surface area contributed by atoms with Gasteiger partial charge in [-0.25, -0.2) is 4.98 Å². The van der Waals surface area contributed by atoms with Crippen molar-refractivity contribution < 1.29 is 14.5 Å². The highest BCUT2D eigenvalue weighted by atomic mass is 32.1. The molecule has 1 amide bonds. The largest absolute Gasteiger partial charge is 0.444 e. The highest BCUT2D eigenvalue weighted by Gasteiger charge is 2.21. The molecule has 2 heterocycles. The third-order valence-corrected chi connectivity index (χ3v) is 6.95. The van der Waals surface area contributed by atoms with Crippen molar-refractivity contribution in [2.24, 2.45) is 0 Å². The molecule has 2 aromatic carbocycles. The Morgan fingerprint density at radius 1 is 1.00 bits per heavy atom. The summed E-state index contributed by atoms with van der Waals surface area (Å²) in [4.78, 5) is 27.9. The third-order valence-electron chi connectivity index (χ3n) is 5.07. The van der Waals surface area contributed by atoms with E-state index in [4.69, 9.17) is 4.74 Å². The summed E-state index contributed by atoms with van der Waals surface area (Å²) < 4.78 is 6.14. The molecule has 7 nitrogen and oxygen atoms in total. The second-order valence-electron chi connectivity index (χ2n) is 8.75. The Labute approximate surface area is 205 Å². The molecule has 0 aliphatic rings. The predicted octanol–water partition coefficient (Wildman–Crippen LogP) is 7.43. The number of rotatable bonds is 6. The summed E-state index contributed by atoms with van der Waals surface area (Å²) in [5.41, 5.74) is 3.80. The average molecular weight is 494 g/mol. The van der Waals surface area contributed by atoms with Gasteiger partial charge < -0.3 is 4.74 Å². The summed E-state index contributed by atoms with van der Waals surface area (Å²) in [5.74, 6) is 0.205. The van der Waals surface area contributed by atoms with E-state index < -0.39 is 10.8 Å². The van der Waals surface area contributed by atoms with E-state index in [-0.39, 0.29) is 15.3 Å². The first-order valence-electron chi connectivity index (χ1n) is 10.5. The van der Waals surface area contributed by atoms with Crippen LogP contribution in [0.15, 0.2) is 60.7 Å². The molecule has 0 atom stereocenters. The number of hydrogen-bond donors (Lipinski definition) is 1. The molecule has 0 aliphatic carbocycles. The Balaban J connectivity index is 1.66. The number of anilines is 1. The zero-order valence-corrected chi connectivity index (χ0v) is 20.8. The number of nitro groups is 1. The van der Waals surface area contributed by atoms with E-state index in [2.05, 4.69) is 43.2 Å². The van der Waals surface area contributed by atoms with Crippen LogP contribution in [0, 0.1) is 17.0 Å². The molecule has 2 aromatic heterocycles. The molecule has 4 rings (SSSR count). The first-order valence-corrected chi connectivity index (χ1v) is 12.2. The lowest BCUT2D eigenvalue weighted by Gasteiger charge is -2.19. The van der Waals surface area contributed by atoms with E-state index in [1.807, 2.05) is 43.3 Å². The Morgan fingerprint density at radius 3 is 2.26 bits per heavy atom. The first-order chi connectivity index (χ1) is 16.1. The van der Waals surface area contributed by atoms with E-state index in [9.17, 15) is 14.9 Å². The summed E-state index contributed by atoms with van der Waals surface area (Å²) in [6.45, 7) is 8.46. The highest BCUT2D eigenvalue weighted by molar-refractivity contribution is 7.19. The molecule has 0 fully saturated rings. The molecule has 0 radical (unpaired) electrons. The first kappa shape index (κ1) is 23.6. The van der Waals surface area contributed by atoms with E-state index in [1.54, 1.807) is 0 Å². The van der Waals surface area contributed by atoms with Crippen LogP contribution in [0.4, 0.5) is 10.1 Å². The van der Waals surface area contributed by atoms with Gasteiger partial charge in [0.25, 0.3) is 5.91 Å². The Kier molecular flexibility index (Phi) is 6.49. The third kappa shape index (κ3) is 5.32. The summed E-state index contributed by atoms with van der Waals surface area (Å²) in [6, 6.07) is 18.5. The van der Waals surface area contributed by atoms with Crippen LogP contribution >= 0.6 is 22.7 Å². The SMILES string of the molecule is Cc1ccc(Oc2sc(NC(=O)c3ccc([N+](=O)[O-])s3)nc2-c2ccc(C(C)(C)C)cc2)cc1. The Morgan fingerprint density at radius 2 is 1.68 bits per heavy atom.